The van der Waals surface area contributed by atoms with Crippen LogP contribution in [0, 0.1) is 6.07 Å². The summed E-state index contributed by atoms with van der Waals surface area (Å²) in [6.45, 7) is 4.52. The predicted molar refractivity (Wildman–Crippen MR) is 105 cm³/mol. The second kappa shape index (κ2) is 7.53. The zero-order valence-electron chi connectivity index (χ0n) is 14.9. The first-order valence-electron chi connectivity index (χ1n) is 8.58. The van der Waals surface area contributed by atoms with Gasteiger partial charge in [0.2, 0.25) is 0 Å². The van der Waals surface area contributed by atoms with E-state index in [1.807, 2.05) is 12.3 Å². The van der Waals surface area contributed by atoms with E-state index in [-0.39, 0.29) is 25.5 Å². The van der Waals surface area contributed by atoms with Gasteiger partial charge in [-0.25, -0.2) is 0 Å². The maximum atomic E-state index is 4.64. The van der Waals surface area contributed by atoms with Crippen LogP contribution >= 0.6 is 0 Å². The molecule has 1 heterocycles. The average Bonchev–Trinajstić information content (AvgIpc) is 2.68. The fourth-order valence-corrected chi connectivity index (χ4v) is 3.35. The molecule has 0 saturated heterocycles. The van der Waals surface area contributed by atoms with Crippen LogP contribution in [-0.4, -0.2) is 4.98 Å². The molecule has 0 atom stereocenters. The molecule has 1 radical (unpaired) electrons. The Balaban J connectivity index is 0.00000196. The van der Waals surface area contributed by atoms with E-state index >= 15 is 0 Å². The first-order chi connectivity index (χ1) is 12.2. The normalized spacial score (nSPS) is 11.2. The van der Waals surface area contributed by atoms with Gasteiger partial charge in [0.1, 0.15) is 0 Å². The summed E-state index contributed by atoms with van der Waals surface area (Å²) in [5, 5.41) is 2.37. The van der Waals surface area contributed by atoms with Crippen LogP contribution in [-0.2, 0) is 25.5 Å². The van der Waals surface area contributed by atoms with E-state index in [1.165, 1.54) is 16.5 Å². The summed E-state index contributed by atoms with van der Waals surface area (Å²) < 4.78 is 0. The largest absolute Gasteiger partial charge is 0.304 e. The number of benzene rings is 3. The van der Waals surface area contributed by atoms with Crippen LogP contribution in [0.3, 0.4) is 0 Å². The van der Waals surface area contributed by atoms with Gasteiger partial charge >= 0.3 is 0 Å². The van der Waals surface area contributed by atoms with Crippen LogP contribution in [0.5, 0.6) is 0 Å². The molecule has 0 fully saturated rings. The molecule has 0 unspecified atom stereocenters. The van der Waals surface area contributed by atoms with Gasteiger partial charge in [0.15, 0.2) is 0 Å². The Morgan fingerprint density at radius 1 is 0.808 bits per heavy atom. The standard InChI is InChI=1S/C24H20N.Ir/c1-24(2,20-11-4-3-5-12-20)21-13-8-10-19(17-21)23-22-14-7-6-9-18(22)15-16-25-23;/h3-9,11-17H,1-2H3;/q-1;. The molecule has 4 rings (SSSR count). The zero-order valence-corrected chi connectivity index (χ0v) is 17.3. The molecule has 0 N–H and O–H groups in total. The van der Waals surface area contributed by atoms with Gasteiger partial charge in [0.05, 0.1) is 0 Å². The number of aromatic nitrogens is 1. The number of pyridine rings is 1. The van der Waals surface area contributed by atoms with Crippen LogP contribution in [0.1, 0.15) is 25.0 Å². The summed E-state index contributed by atoms with van der Waals surface area (Å²) in [5.41, 5.74) is 4.53. The first kappa shape index (κ1) is 18.5. The summed E-state index contributed by atoms with van der Waals surface area (Å²) in [4.78, 5) is 4.64. The Morgan fingerprint density at radius 3 is 2.35 bits per heavy atom. The van der Waals surface area contributed by atoms with Crippen molar-refractivity contribution in [1.29, 1.82) is 0 Å². The molecule has 0 aliphatic heterocycles. The van der Waals surface area contributed by atoms with Gasteiger partial charge in [-0.05, 0) is 33.5 Å². The minimum absolute atomic E-state index is 0. The number of rotatable bonds is 3. The van der Waals surface area contributed by atoms with Crippen molar-refractivity contribution in [3.63, 3.8) is 0 Å². The molecule has 0 saturated carbocycles. The minimum atomic E-state index is -0.0737. The van der Waals surface area contributed by atoms with Crippen LogP contribution in [0.4, 0.5) is 0 Å². The van der Waals surface area contributed by atoms with Gasteiger partial charge in [0.25, 0.3) is 0 Å². The van der Waals surface area contributed by atoms with Crippen molar-refractivity contribution in [1.82, 2.24) is 4.98 Å². The molecule has 1 nitrogen and oxygen atoms in total. The van der Waals surface area contributed by atoms with Crippen molar-refractivity contribution in [2.45, 2.75) is 19.3 Å². The summed E-state index contributed by atoms with van der Waals surface area (Å²) in [6.07, 6.45) is 1.88. The van der Waals surface area contributed by atoms with Crippen molar-refractivity contribution in [3.05, 3.63) is 102 Å². The van der Waals surface area contributed by atoms with Crippen LogP contribution < -0.4 is 0 Å². The van der Waals surface area contributed by atoms with Gasteiger partial charge in [-0.1, -0.05) is 68.4 Å². The Bertz CT molecular complexity index is 1020. The topological polar surface area (TPSA) is 12.9 Å². The van der Waals surface area contributed by atoms with Crippen LogP contribution in [0.2, 0.25) is 0 Å². The molecule has 3 aromatic carbocycles. The number of hydrogen-bond acceptors (Lipinski definition) is 1. The summed E-state index contributed by atoms with van der Waals surface area (Å²) in [6, 6.07) is 30.8. The average molecular weight is 515 g/mol. The van der Waals surface area contributed by atoms with E-state index in [0.717, 1.165) is 16.6 Å². The maximum Gasteiger partial charge on any atom is 0.0167 e. The quantitative estimate of drug-likeness (QED) is 0.305. The Kier molecular flexibility index (Phi) is 5.36. The first-order valence-corrected chi connectivity index (χ1v) is 8.58. The van der Waals surface area contributed by atoms with E-state index in [2.05, 4.69) is 97.7 Å². The second-order valence-corrected chi connectivity index (χ2v) is 6.86. The molecular weight excluding hydrogens is 494 g/mol. The fourth-order valence-electron chi connectivity index (χ4n) is 3.35. The maximum absolute atomic E-state index is 4.64. The van der Waals surface area contributed by atoms with Gasteiger partial charge in [0, 0.05) is 26.3 Å². The van der Waals surface area contributed by atoms with Crippen LogP contribution in [0.15, 0.2) is 85.1 Å². The van der Waals surface area contributed by atoms with E-state index in [1.54, 1.807) is 0 Å². The number of fused-ring (bicyclic) bond motifs is 1. The minimum Gasteiger partial charge on any atom is -0.304 e. The summed E-state index contributed by atoms with van der Waals surface area (Å²) in [7, 11) is 0. The van der Waals surface area contributed by atoms with Crippen molar-refractivity contribution in [3.8, 4) is 11.3 Å². The van der Waals surface area contributed by atoms with E-state index < -0.39 is 0 Å². The molecule has 1 aromatic heterocycles. The second-order valence-electron chi connectivity index (χ2n) is 6.86. The third-order valence-corrected chi connectivity index (χ3v) is 4.95. The van der Waals surface area contributed by atoms with Crippen molar-refractivity contribution in [2.75, 3.05) is 0 Å². The summed E-state index contributed by atoms with van der Waals surface area (Å²) in [5.74, 6) is 0. The van der Waals surface area contributed by atoms with Gasteiger partial charge in [-0.2, -0.15) is 0 Å². The molecule has 0 bridgehead atoms. The molecular formula is C24H20IrN-. The monoisotopic (exact) mass is 515 g/mol. The van der Waals surface area contributed by atoms with Gasteiger partial charge < -0.3 is 4.98 Å². The van der Waals surface area contributed by atoms with Gasteiger partial charge in [-0.15, -0.1) is 35.4 Å². The third-order valence-electron chi connectivity index (χ3n) is 4.95. The molecule has 0 aliphatic carbocycles. The molecule has 26 heavy (non-hydrogen) atoms. The molecule has 4 aromatic rings. The Labute approximate surface area is 168 Å². The van der Waals surface area contributed by atoms with Crippen molar-refractivity contribution >= 4 is 10.8 Å². The van der Waals surface area contributed by atoms with Crippen LogP contribution in [0.25, 0.3) is 22.0 Å². The summed E-state index contributed by atoms with van der Waals surface area (Å²) >= 11 is 0. The molecule has 131 valence electrons. The molecule has 0 amide bonds. The van der Waals surface area contributed by atoms with E-state index in [4.69, 9.17) is 0 Å². The smallest absolute Gasteiger partial charge is 0.0167 e. The number of hydrogen-bond donors (Lipinski definition) is 0. The van der Waals surface area contributed by atoms with E-state index in [0.29, 0.717) is 0 Å². The SMILES string of the molecule is CC(C)(c1ccccc1)c1cc[c-]c(-c2nccc3ccccc23)c1.[Ir]. The molecule has 0 aliphatic rings. The van der Waals surface area contributed by atoms with Crippen molar-refractivity contribution < 1.29 is 20.1 Å². The Morgan fingerprint density at radius 2 is 1.54 bits per heavy atom. The number of nitrogens with zero attached hydrogens (tertiary/aromatic N) is 1. The van der Waals surface area contributed by atoms with Gasteiger partial charge in [-0.3, -0.25) is 0 Å². The predicted octanol–water partition coefficient (Wildman–Crippen LogP) is 6.03. The third kappa shape index (κ3) is 3.35. The Hall–Kier alpha value is -2.28. The fraction of sp³-hybridized carbons (Fsp3) is 0.125. The zero-order chi connectivity index (χ0) is 17.3. The van der Waals surface area contributed by atoms with E-state index in [9.17, 15) is 0 Å². The molecule has 2 heteroatoms. The van der Waals surface area contributed by atoms with Crippen molar-refractivity contribution in [2.24, 2.45) is 0 Å². The molecule has 0 spiro atoms.